The number of aryl methyl sites for hydroxylation is 1. The maximum Gasteiger partial charge on any atom is 0.241 e. The third-order valence-corrected chi connectivity index (χ3v) is 6.95. The molecule has 0 saturated heterocycles. The number of nitrogen functional groups attached to an aromatic ring is 1. The SMILES string of the molecule is Cc1cc(Br)c(N)cc1S(=O)(=O)NC1CC2CCC1C2. The summed E-state index contributed by atoms with van der Waals surface area (Å²) < 4.78 is 28.8. The maximum absolute atomic E-state index is 12.6. The molecule has 0 spiro atoms. The first kappa shape index (κ1) is 14.4. The van der Waals surface area contributed by atoms with Gasteiger partial charge in [-0.1, -0.05) is 6.42 Å². The topological polar surface area (TPSA) is 72.2 Å². The van der Waals surface area contributed by atoms with Crippen molar-refractivity contribution < 1.29 is 8.42 Å². The van der Waals surface area contributed by atoms with Crippen LogP contribution in [0.2, 0.25) is 0 Å². The van der Waals surface area contributed by atoms with E-state index in [1.807, 2.05) is 0 Å². The Morgan fingerprint density at radius 3 is 2.65 bits per heavy atom. The molecule has 6 heteroatoms. The van der Waals surface area contributed by atoms with E-state index in [9.17, 15) is 8.42 Å². The zero-order chi connectivity index (χ0) is 14.5. The van der Waals surface area contributed by atoms with Crippen LogP contribution in [0.3, 0.4) is 0 Å². The van der Waals surface area contributed by atoms with Crippen molar-refractivity contribution in [1.82, 2.24) is 4.72 Å². The standard InChI is InChI=1S/C14H19BrN2O2S/c1-8-4-11(15)12(16)7-14(8)20(18,19)17-13-6-9-2-3-10(13)5-9/h4,7,9-10,13,17H,2-3,5-6,16H2,1H3. The predicted octanol–water partition coefficient (Wildman–Crippen LogP) is 2.81. The minimum Gasteiger partial charge on any atom is -0.398 e. The first-order valence-electron chi connectivity index (χ1n) is 6.95. The van der Waals surface area contributed by atoms with Gasteiger partial charge < -0.3 is 5.73 Å². The summed E-state index contributed by atoms with van der Waals surface area (Å²) in [5.41, 5.74) is 6.97. The molecule has 110 valence electrons. The molecule has 3 atom stereocenters. The van der Waals surface area contributed by atoms with Gasteiger partial charge in [-0.25, -0.2) is 13.1 Å². The van der Waals surface area contributed by atoms with E-state index in [1.54, 1.807) is 13.0 Å². The first-order chi connectivity index (χ1) is 9.37. The molecule has 1 aromatic carbocycles. The summed E-state index contributed by atoms with van der Waals surface area (Å²) in [7, 11) is -3.49. The highest BCUT2D eigenvalue weighted by Gasteiger charge is 2.41. The molecule has 4 nitrogen and oxygen atoms in total. The minimum absolute atomic E-state index is 0.100. The fourth-order valence-corrected chi connectivity index (χ4v) is 5.65. The number of benzene rings is 1. The lowest BCUT2D eigenvalue weighted by molar-refractivity contribution is 0.390. The fraction of sp³-hybridized carbons (Fsp3) is 0.571. The maximum atomic E-state index is 12.6. The molecular weight excluding hydrogens is 340 g/mol. The molecule has 2 saturated carbocycles. The number of anilines is 1. The molecule has 0 aliphatic heterocycles. The van der Waals surface area contributed by atoms with E-state index in [0.717, 1.165) is 17.3 Å². The largest absolute Gasteiger partial charge is 0.398 e. The highest BCUT2D eigenvalue weighted by Crippen LogP contribution is 2.45. The average molecular weight is 359 g/mol. The second kappa shape index (κ2) is 5.00. The Balaban J connectivity index is 1.87. The van der Waals surface area contributed by atoms with Crippen LogP contribution in [-0.4, -0.2) is 14.5 Å². The van der Waals surface area contributed by atoms with Crippen molar-refractivity contribution in [2.24, 2.45) is 11.8 Å². The molecule has 1 aromatic rings. The number of fused-ring (bicyclic) bond motifs is 2. The summed E-state index contributed by atoms with van der Waals surface area (Å²) in [4.78, 5) is 0.293. The van der Waals surface area contributed by atoms with Crippen LogP contribution in [0.25, 0.3) is 0 Å². The molecule has 0 radical (unpaired) electrons. The molecule has 2 aliphatic rings. The monoisotopic (exact) mass is 358 g/mol. The van der Waals surface area contributed by atoms with Gasteiger partial charge in [-0.05, 0) is 71.6 Å². The van der Waals surface area contributed by atoms with Crippen molar-refractivity contribution in [2.45, 2.75) is 43.5 Å². The smallest absolute Gasteiger partial charge is 0.241 e. The molecule has 2 aliphatic carbocycles. The lowest BCUT2D eigenvalue weighted by Crippen LogP contribution is -2.38. The van der Waals surface area contributed by atoms with Crippen LogP contribution in [-0.2, 0) is 10.0 Å². The van der Waals surface area contributed by atoms with Crippen LogP contribution in [0.4, 0.5) is 5.69 Å². The van der Waals surface area contributed by atoms with Crippen LogP contribution < -0.4 is 10.5 Å². The number of halogens is 1. The Kier molecular flexibility index (Phi) is 3.59. The van der Waals surface area contributed by atoms with E-state index in [2.05, 4.69) is 20.7 Å². The van der Waals surface area contributed by atoms with Crippen LogP contribution in [0, 0.1) is 18.8 Å². The highest BCUT2D eigenvalue weighted by molar-refractivity contribution is 9.10. The van der Waals surface area contributed by atoms with Crippen LogP contribution in [0.15, 0.2) is 21.5 Å². The summed E-state index contributed by atoms with van der Waals surface area (Å²) in [6.07, 6.45) is 4.57. The molecule has 3 N–H and O–H groups in total. The van der Waals surface area contributed by atoms with Crippen molar-refractivity contribution in [1.29, 1.82) is 0 Å². The fourth-order valence-electron chi connectivity index (χ4n) is 3.61. The molecule has 20 heavy (non-hydrogen) atoms. The summed E-state index contributed by atoms with van der Waals surface area (Å²) in [6, 6.07) is 3.39. The Hall–Kier alpha value is -0.590. The van der Waals surface area contributed by atoms with Crippen molar-refractivity contribution in [3.63, 3.8) is 0 Å². The lowest BCUT2D eigenvalue weighted by Gasteiger charge is -2.23. The van der Waals surface area contributed by atoms with Gasteiger partial charge in [0.05, 0.1) is 4.90 Å². The van der Waals surface area contributed by atoms with Gasteiger partial charge in [0.15, 0.2) is 0 Å². The average Bonchev–Trinajstić information content (AvgIpc) is 2.95. The van der Waals surface area contributed by atoms with Crippen LogP contribution in [0.1, 0.15) is 31.2 Å². The van der Waals surface area contributed by atoms with Gasteiger partial charge in [-0.15, -0.1) is 0 Å². The molecule has 0 amide bonds. The third-order valence-electron chi connectivity index (χ3n) is 4.63. The van der Waals surface area contributed by atoms with Gasteiger partial charge in [0.1, 0.15) is 0 Å². The van der Waals surface area contributed by atoms with Crippen LogP contribution in [0.5, 0.6) is 0 Å². The first-order valence-corrected chi connectivity index (χ1v) is 9.22. The van der Waals surface area contributed by atoms with E-state index in [1.165, 1.54) is 18.9 Å². The summed E-state index contributed by atoms with van der Waals surface area (Å²) >= 11 is 3.32. The van der Waals surface area contributed by atoms with Crippen LogP contribution >= 0.6 is 15.9 Å². The molecule has 0 heterocycles. The van der Waals surface area contributed by atoms with E-state index < -0.39 is 10.0 Å². The summed E-state index contributed by atoms with van der Waals surface area (Å²) in [5.74, 6) is 1.23. The van der Waals surface area contributed by atoms with Gasteiger partial charge >= 0.3 is 0 Å². The molecule has 3 rings (SSSR count). The van der Waals surface area contributed by atoms with E-state index in [4.69, 9.17) is 5.73 Å². The Morgan fingerprint density at radius 2 is 2.05 bits per heavy atom. The number of sulfonamides is 1. The molecule has 2 fully saturated rings. The normalized spacial score (nSPS) is 29.0. The molecule has 0 aromatic heterocycles. The van der Waals surface area contributed by atoms with E-state index in [0.29, 0.717) is 28.0 Å². The number of nitrogens with one attached hydrogen (secondary N) is 1. The Labute approximate surface area is 128 Å². The van der Waals surface area contributed by atoms with E-state index in [-0.39, 0.29) is 6.04 Å². The zero-order valence-electron chi connectivity index (χ0n) is 11.4. The number of hydrogen-bond donors (Lipinski definition) is 2. The lowest BCUT2D eigenvalue weighted by atomic mass is 9.96. The molecule has 3 unspecified atom stereocenters. The van der Waals surface area contributed by atoms with Gasteiger partial charge in [0.25, 0.3) is 0 Å². The number of hydrogen-bond acceptors (Lipinski definition) is 3. The van der Waals surface area contributed by atoms with Gasteiger partial charge in [0, 0.05) is 16.2 Å². The quantitative estimate of drug-likeness (QED) is 0.816. The number of nitrogens with two attached hydrogens (primary N) is 1. The van der Waals surface area contributed by atoms with Crippen molar-refractivity contribution in [3.05, 3.63) is 22.2 Å². The minimum atomic E-state index is -3.49. The second-order valence-corrected chi connectivity index (χ2v) is 8.58. The highest BCUT2D eigenvalue weighted by atomic mass is 79.9. The second-order valence-electron chi connectivity index (χ2n) is 6.04. The van der Waals surface area contributed by atoms with Gasteiger partial charge in [-0.2, -0.15) is 0 Å². The number of rotatable bonds is 3. The van der Waals surface area contributed by atoms with Crippen molar-refractivity contribution >= 4 is 31.6 Å². The van der Waals surface area contributed by atoms with Gasteiger partial charge in [0.2, 0.25) is 10.0 Å². The Bertz CT molecular complexity index is 645. The predicted molar refractivity (Wildman–Crippen MR) is 82.8 cm³/mol. The zero-order valence-corrected chi connectivity index (χ0v) is 13.8. The Morgan fingerprint density at radius 1 is 1.30 bits per heavy atom. The van der Waals surface area contributed by atoms with Crippen molar-refractivity contribution in [3.8, 4) is 0 Å². The summed E-state index contributed by atoms with van der Waals surface area (Å²) in [5, 5.41) is 0. The van der Waals surface area contributed by atoms with E-state index >= 15 is 0 Å². The van der Waals surface area contributed by atoms with Crippen molar-refractivity contribution in [2.75, 3.05) is 5.73 Å². The molecular formula is C14H19BrN2O2S. The third kappa shape index (κ3) is 2.49. The summed E-state index contributed by atoms with van der Waals surface area (Å²) in [6.45, 7) is 1.79. The molecule has 2 bridgehead atoms. The van der Waals surface area contributed by atoms with Gasteiger partial charge in [-0.3, -0.25) is 0 Å².